The van der Waals surface area contributed by atoms with E-state index in [-0.39, 0.29) is 11.5 Å². The molecule has 0 spiro atoms. The lowest BCUT2D eigenvalue weighted by atomic mass is 9.89. The van der Waals surface area contributed by atoms with Crippen LogP contribution in [0.5, 0.6) is 0 Å². The minimum absolute atomic E-state index is 0.0118. The number of ether oxygens (including phenoxy) is 1. The van der Waals surface area contributed by atoms with Gasteiger partial charge in [-0.3, -0.25) is 4.79 Å². The van der Waals surface area contributed by atoms with Crippen molar-refractivity contribution in [1.29, 1.82) is 0 Å². The summed E-state index contributed by atoms with van der Waals surface area (Å²) in [5.74, 6) is -5.41. The van der Waals surface area contributed by atoms with Crippen LogP contribution in [0.2, 0.25) is 0 Å². The summed E-state index contributed by atoms with van der Waals surface area (Å²) >= 11 is 0. The van der Waals surface area contributed by atoms with Crippen LogP contribution in [0.15, 0.2) is 6.17 Å². The minimum Gasteiger partial charge on any atom is -0.465 e. The highest BCUT2D eigenvalue weighted by Crippen LogP contribution is 2.28. The molecule has 0 saturated carbocycles. The van der Waals surface area contributed by atoms with Gasteiger partial charge in [0.1, 0.15) is 5.82 Å². The molecule has 1 fully saturated rings. The van der Waals surface area contributed by atoms with Gasteiger partial charge in [-0.1, -0.05) is 6.85 Å². The maximum atomic E-state index is 12.1. The number of aromatic nitrogens is 2. The van der Waals surface area contributed by atoms with Gasteiger partial charge in [-0.05, 0) is 19.8 Å². The zero-order valence-corrected chi connectivity index (χ0v) is 8.70. The maximum Gasteiger partial charge on any atom is 0.309 e. The lowest BCUT2D eigenvalue weighted by Gasteiger charge is -2.13. The van der Waals surface area contributed by atoms with Gasteiger partial charge in [0, 0.05) is 34.4 Å². The highest BCUT2D eigenvalue weighted by molar-refractivity contribution is 5.74. The average molecular weight is 232 g/mol. The van der Waals surface area contributed by atoms with Crippen molar-refractivity contribution in [3.63, 3.8) is 0 Å². The summed E-state index contributed by atoms with van der Waals surface area (Å²) < 4.78 is 82.0. The van der Waals surface area contributed by atoms with Crippen molar-refractivity contribution in [3.8, 4) is 0 Å². The molecule has 16 heavy (non-hydrogen) atoms. The third kappa shape index (κ3) is 1.84. The van der Waals surface area contributed by atoms with E-state index < -0.39 is 57.2 Å². The van der Waals surface area contributed by atoms with Gasteiger partial charge < -0.3 is 9.30 Å². The van der Waals surface area contributed by atoms with Crippen LogP contribution < -0.4 is 0 Å². The van der Waals surface area contributed by atoms with Gasteiger partial charge in [-0.2, -0.15) is 0 Å². The van der Waals surface area contributed by atoms with E-state index in [0.717, 1.165) is 4.57 Å². The molecule has 1 aromatic heterocycles. The molecular weight excluding hydrogens is 204 g/mol. The minimum atomic E-state index is -2.71. The van der Waals surface area contributed by atoms with Gasteiger partial charge in [-0.25, -0.2) is 4.98 Å². The third-order valence-electron chi connectivity index (χ3n) is 2.50. The summed E-state index contributed by atoms with van der Waals surface area (Å²) in [5.41, 5.74) is -0.211. The number of cyclic esters (lactones) is 1. The van der Waals surface area contributed by atoms with Crippen molar-refractivity contribution in [1.82, 2.24) is 9.55 Å². The Labute approximate surface area is 110 Å². The van der Waals surface area contributed by atoms with Crippen molar-refractivity contribution in [2.45, 2.75) is 26.6 Å². The molecule has 2 atom stereocenters. The first-order chi connectivity index (χ1) is 11.5. The maximum absolute atomic E-state index is 12.1. The second-order valence-corrected chi connectivity index (χ2v) is 3.52. The van der Waals surface area contributed by atoms with E-state index in [1.54, 1.807) is 0 Å². The zero-order valence-electron chi connectivity index (χ0n) is 18.7. The Hall–Kier alpha value is -1.32. The van der Waals surface area contributed by atoms with Gasteiger partial charge in [0.25, 0.3) is 0 Å². The number of imidazole rings is 1. The number of carbonyl (C=O) groups is 1. The predicted molar refractivity (Wildman–Crippen MR) is 59.9 cm³/mol. The molecule has 88 valence electrons. The monoisotopic (exact) mass is 232 g/mol. The average Bonchev–Trinajstić information content (AvgIpc) is 2.73. The molecule has 0 amide bonds. The van der Waals surface area contributed by atoms with Crippen LogP contribution in [0.25, 0.3) is 0 Å². The zero-order chi connectivity index (χ0) is 20.3. The molecule has 2 rings (SSSR count). The number of carbonyl (C=O) groups excluding carboxylic acids is 1. The van der Waals surface area contributed by atoms with E-state index in [1.165, 1.54) is 6.92 Å². The van der Waals surface area contributed by atoms with Crippen molar-refractivity contribution >= 4 is 5.97 Å². The molecule has 4 heteroatoms. The van der Waals surface area contributed by atoms with Crippen molar-refractivity contribution in [2.24, 2.45) is 18.8 Å². The molecule has 1 aliphatic rings. The summed E-state index contributed by atoms with van der Waals surface area (Å²) in [6.45, 7) is -6.75. The van der Waals surface area contributed by atoms with Crippen molar-refractivity contribution < 1.29 is 23.2 Å². The fraction of sp³-hybridized carbons (Fsp3) is 0.667. The standard InChI is InChI=1S/C12H18N2O2/c1-4-11-9(7-16-12(11)15)5-10-6-13-8(2)14(10)3/h6,9,11H,4-5,7H2,1-3H3/t9-,11-/m0/s1/i1D3,3D3,6D,7D2,11D. The van der Waals surface area contributed by atoms with Crippen LogP contribution in [0, 0.1) is 18.7 Å². The first-order valence-electron chi connectivity index (χ1n) is 9.78. The van der Waals surface area contributed by atoms with Gasteiger partial charge >= 0.3 is 5.97 Å². The second-order valence-electron chi connectivity index (χ2n) is 3.52. The van der Waals surface area contributed by atoms with E-state index in [1.807, 2.05) is 0 Å². The number of rotatable bonds is 3. The molecule has 0 bridgehead atoms. The number of nitrogens with zero attached hydrogens (tertiary/aromatic N) is 2. The fourth-order valence-electron chi connectivity index (χ4n) is 1.53. The molecule has 0 radical (unpaired) electrons. The molecule has 1 aliphatic heterocycles. The normalized spacial score (nSPS) is 43.3. The number of hydrogen-bond acceptors (Lipinski definition) is 3. The number of esters is 1. The van der Waals surface area contributed by atoms with E-state index in [9.17, 15) is 4.79 Å². The Kier molecular flexibility index (Phi) is 1.11. The van der Waals surface area contributed by atoms with Crippen LogP contribution in [-0.4, -0.2) is 22.1 Å². The van der Waals surface area contributed by atoms with Crippen LogP contribution in [0.1, 0.15) is 38.5 Å². The Morgan fingerprint density at radius 2 is 2.81 bits per heavy atom. The molecule has 1 saturated heterocycles. The molecule has 0 aromatic carbocycles. The van der Waals surface area contributed by atoms with Crippen LogP contribution in [-0.2, 0) is 22.9 Å². The lowest BCUT2D eigenvalue weighted by molar-refractivity contribution is -0.141. The van der Waals surface area contributed by atoms with Gasteiger partial charge in [0.15, 0.2) is 0 Å². The third-order valence-corrected chi connectivity index (χ3v) is 2.50. The summed E-state index contributed by atoms with van der Waals surface area (Å²) in [4.78, 5) is 15.8. The Balaban J connectivity index is 2.54. The highest BCUT2D eigenvalue weighted by Gasteiger charge is 2.35. The summed E-state index contributed by atoms with van der Waals surface area (Å²) in [6, 6.07) is 0. The lowest BCUT2D eigenvalue weighted by Crippen LogP contribution is -2.18. The van der Waals surface area contributed by atoms with Gasteiger partial charge in [0.05, 0.1) is 16.6 Å². The quantitative estimate of drug-likeness (QED) is 0.741. The SMILES string of the molecule is [2H]c1nc(C)n(C([2H])([2H])[2H])c1C[C@H]1C([2H])([2H])OC(=O)[C@@]1([2H])CC([2H])([2H])[2H]. The molecule has 0 unspecified atom stereocenters. The summed E-state index contributed by atoms with van der Waals surface area (Å²) in [7, 11) is 0. The molecule has 1 aromatic rings. The molecular formula is C12H18N2O2. The second kappa shape index (κ2) is 4.28. The van der Waals surface area contributed by atoms with E-state index in [0.29, 0.717) is 0 Å². The molecule has 0 aliphatic carbocycles. The van der Waals surface area contributed by atoms with E-state index >= 15 is 0 Å². The fourth-order valence-corrected chi connectivity index (χ4v) is 1.53. The van der Waals surface area contributed by atoms with Gasteiger partial charge in [-0.15, -0.1) is 0 Å². The molecule has 2 heterocycles. The number of hydrogen-bond donors (Lipinski definition) is 0. The smallest absolute Gasteiger partial charge is 0.309 e. The van der Waals surface area contributed by atoms with Crippen LogP contribution >= 0.6 is 0 Å². The Bertz CT molecular complexity index is 723. The molecule has 4 nitrogen and oxygen atoms in total. The highest BCUT2D eigenvalue weighted by atomic mass is 16.5. The predicted octanol–water partition coefficient (Wildman–Crippen LogP) is 1.47. The molecule has 0 N–H and O–H groups in total. The Morgan fingerprint density at radius 3 is 3.56 bits per heavy atom. The summed E-state index contributed by atoms with van der Waals surface area (Å²) in [6.07, 6.45) is -1.96. The Morgan fingerprint density at radius 1 is 1.94 bits per heavy atom. The topological polar surface area (TPSA) is 44.1 Å². The first kappa shape index (κ1) is 4.17. The van der Waals surface area contributed by atoms with E-state index in [2.05, 4.69) is 9.72 Å². The van der Waals surface area contributed by atoms with Crippen molar-refractivity contribution in [3.05, 3.63) is 17.7 Å². The van der Waals surface area contributed by atoms with E-state index in [4.69, 9.17) is 13.7 Å². The van der Waals surface area contributed by atoms with Crippen molar-refractivity contribution in [2.75, 3.05) is 6.56 Å². The van der Waals surface area contributed by atoms with Gasteiger partial charge in [0.2, 0.25) is 0 Å². The summed E-state index contributed by atoms with van der Waals surface area (Å²) in [5, 5.41) is 0. The van der Waals surface area contributed by atoms with Crippen LogP contribution in [0.3, 0.4) is 0 Å². The largest absolute Gasteiger partial charge is 0.465 e. The van der Waals surface area contributed by atoms with Crippen LogP contribution in [0.4, 0.5) is 0 Å². The first-order valence-corrected chi connectivity index (χ1v) is 4.78. The number of aryl methyl sites for hydroxylation is 1.